The Morgan fingerprint density at radius 2 is 2.12 bits per heavy atom. The van der Waals surface area contributed by atoms with Gasteiger partial charge in [-0.05, 0) is 24.7 Å². The fraction of sp³-hybridized carbons (Fsp3) is 0.929. The highest BCUT2D eigenvalue weighted by Gasteiger charge is 2.22. The summed E-state index contributed by atoms with van der Waals surface area (Å²) in [6.07, 6.45) is 8.55. The first-order valence-corrected chi connectivity index (χ1v) is 8.18. The SMILES string of the molecule is CC(C)C1CSC(=NCCCC2CCCC2)N1. The zero-order valence-corrected chi connectivity index (χ0v) is 12.1. The standard InChI is InChI=1S/C14H26N2S/c1-11(2)13-10-17-14(16-13)15-9-5-8-12-6-3-4-7-12/h11-13H,3-10H2,1-2H3,(H,15,16). The number of hydrogen-bond donors (Lipinski definition) is 1. The monoisotopic (exact) mass is 254 g/mol. The van der Waals surface area contributed by atoms with E-state index in [9.17, 15) is 0 Å². The van der Waals surface area contributed by atoms with Crippen LogP contribution in [0.2, 0.25) is 0 Å². The molecular weight excluding hydrogens is 228 g/mol. The molecule has 1 saturated heterocycles. The van der Waals surface area contributed by atoms with Gasteiger partial charge in [-0.2, -0.15) is 0 Å². The van der Waals surface area contributed by atoms with Crippen LogP contribution < -0.4 is 5.32 Å². The van der Waals surface area contributed by atoms with Gasteiger partial charge in [0.05, 0.1) is 0 Å². The molecule has 0 bridgehead atoms. The smallest absolute Gasteiger partial charge is 0.156 e. The molecule has 2 nitrogen and oxygen atoms in total. The molecule has 1 N–H and O–H groups in total. The summed E-state index contributed by atoms with van der Waals surface area (Å²) in [5.41, 5.74) is 0. The van der Waals surface area contributed by atoms with Gasteiger partial charge in [0.15, 0.2) is 5.17 Å². The Balaban J connectivity index is 1.60. The first-order valence-electron chi connectivity index (χ1n) is 7.19. The average Bonchev–Trinajstić information content (AvgIpc) is 2.96. The van der Waals surface area contributed by atoms with Crippen LogP contribution in [0.25, 0.3) is 0 Å². The first-order chi connectivity index (χ1) is 8.25. The van der Waals surface area contributed by atoms with Crippen molar-refractivity contribution < 1.29 is 0 Å². The van der Waals surface area contributed by atoms with Crippen LogP contribution in [0.3, 0.4) is 0 Å². The zero-order valence-electron chi connectivity index (χ0n) is 11.2. The van der Waals surface area contributed by atoms with E-state index in [1.165, 1.54) is 49.4 Å². The lowest BCUT2D eigenvalue weighted by atomic mass is 10.0. The molecule has 2 fully saturated rings. The maximum atomic E-state index is 4.69. The largest absolute Gasteiger partial charge is 0.361 e. The van der Waals surface area contributed by atoms with Gasteiger partial charge in [0.25, 0.3) is 0 Å². The molecule has 0 radical (unpaired) electrons. The fourth-order valence-corrected chi connectivity index (χ4v) is 3.94. The summed E-state index contributed by atoms with van der Waals surface area (Å²) in [5.74, 6) is 2.93. The van der Waals surface area contributed by atoms with E-state index in [-0.39, 0.29) is 0 Å². The van der Waals surface area contributed by atoms with Gasteiger partial charge >= 0.3 is 0 Å². The third-order valence-corrected chi connectivity index (χ3v) is 5.06. The topological polar surface area (TPSA) is 24.4 Å². The molecule has 1 heterocycles. The second-order valence-corrected chi connectivity index (χ2v) is 6.79. The lowest BCUT2D eigenvalue weighted by molar-refractivity contribution is 0.486. The van der Waals surface area contributed by atoms with Crippen LogP contribution in [0.4, 0.5) is 0 Å². The fourth-order valence-electron chi connectivity index (χ4n) is 2.72. The highest BCUT2D eigenvalue weighted by atomic mass is 32.2. The van der Waals surface area contributed by atoms with E-state index in [1.807, 2.05) is 11.8 Å². The molecule has 0 spiro atoms. The van der Waals surface area contributed by atoms with Gasteiger partial charge in [0, 0.05) is 18.3 Å². The number of nitrogens with zero attached hydrogens (tertiary/aromatic N) is 1. The third-order valence-electron chi connectivity index (χ3n) is 4.01. The number of thioether (sulfide) groups is 1. The van der Waals surface area contributed by atoms with Crippen molar-refractivity contribution in [2.24, 2.45) is 16.8 Å². The number of aliphatic imine (C=N–C) groups is 1. The number of rotatable bonds is 5. The van der Waals surface area contributed by atoms with Crippen LogP contribution in [0.15, 0.2) is 4.99 Å². The van der Waals surface area contributed by atoms with Crippen molar-refractivity contribution in [2.45, 2.75) is 58.4 Å². The van der Waals surface area contributed by atoms with Crippen LogP contribution in [0.5, 0.6) is 0 Å². The molecular formula is C14H26N2S. The molecule has 17 heavy (non-hydrogen) atoms. The quantitative estimate of drug-likeness (QED) is 0.757. The van der Waals surface area contributed by atoms with Crippen molar-refractivity contribution in [3.05, 3.63) is 0 Å². The Hall–Kier alpha value is -0.180. The van der Waals surface area contributed by atoms with Crippen LogP contribution in [-0.2, 0) is 0 Å². The minimum atomic E-state index is 0.633. The molecule has 1 aliphatic heterocycles. The molecule has 98 valence electrons. The van der Waals surface area contributed by atoms with E-state index >= 15 is 0 Å². The molecule has 0 aromatic heterocycles. The van der Waals surface area contributed by atoms with Crippen molar-refractivity contribution in [3.8, 4) is 0 Å². The molecule has 2 rings (SSSR count). The highest BCUT2D eigenvalue weighted by molar-refractivity contribution is 8.14. The van der Waals surface area contributed by atoms with Crippen LogP contribution in [-0.4, -0.2) is 23.5 Å². The second kappa shape index (κ2) is 6.67. The van der Waals surface area contributed by atoms with E-state index < -0.39 is 0 Å². The molecule has 2 aliphatic rings. The normalized spacial score (nSPS) is 28.2. The molecule has 0 aromatic rings. The minimum absolute atomic E-state index is 0.633. The van der Waals surface area contributed by atoms with Gasteiger partial charge in [0.1, 0.15) is 0 Å². The molecule has 1 saturated carbocycles. The maximum Gasteiger partial charge on any atom is 0.156 e. The van der Waals surface area contributed by atoms with Crippen LogP contribution in [0.1, 0.15) is 52.4 Å². The van der Waals surface area contributed by atoms with E-state index in [4.69, 9.17) is 0 Å². The van der Waals surface area contributed by atoms with Gasteiger partial charge in [-0.25, -0.2) is 0 Å². The molecule has 1 aliphatic carbocycles. The second-order valence-electron chi connectivity index (χ2n) is 5.79. The summed E-state index contributed by atoms with van der Waals surface area (Å²) in [6.45, 7) is 5.58. The Morgan fingerprint density at radius 3 is 2.76 bits per heavy atom. The van der Waals surface area contributed by atoms with Crippen molar-refractivity contribution in [1.29, 1.82) is 0 Å². The van der Waals surface area contributed by atoms with Gasteiger partial charge in [0.2, 0.25) is 0 Å². The number of nitrogens with one attached hydrogen (secondary N) is 1. The summed E-state index contributed by atoms with van der Waals surface area (Å²) >= 11 is 1.90. The molecule has 1 atom stereocenters. The Labute approximate surface area is 110 Å². The van der Waals surface area contributed by atoms with Gasteiger partial charge < -0.3 is 5.32 Å². The summed E-state index contributed by atoms with van der Waals surface area (Å²) in [7, 11) is 0. The van der Waals surface area contributed by atoms with E-state index in [0.29, 0.717) is 12.0 Å². The lowest BCUT2D eigenvalue weighted by Crippen LogP contribution is -2.31. The molecule has 1 unspecified atom stereocenters. The van der Waals surface area contributed by atoms with Crippen molar-refractivity contribution >= 4 is 16.9 Å². The molecule has 0 amide bonds. The third kappa shape index (κ3) is 4.20. The molecule has 0 aromatic carbocycles. The lowest BCUT2D eigenvalue weighted by Gasteiger charge is -2.13. The Bertz CT molecular complexity index is 257. The summed E-state index contributed by atoms with van der Waals surface area (Å²) in [5, 5.41) is 4.72. The predicted octanol–water partition coefficient (Wildman–Crippen LogP) is 3.67. The Kier molecular flexibility index (Phi) is 5.20. The van der Waals surface area contributed by atoms with Crippen molar-refractivity contribution in [1.82, 2.24) is 5.32 Å². The predicted molar refractivity (Wildman–Crippen MR) is 77.7 cm³/mol. The van der Waals surface area contributed by atoms with E-state index in [1.54, 1.807) is 0 Å². The van der Waals surface area contributed by atoms with Crippen molar-refractivity contribution in [2.75, 3.05) is 12.3 Å². The van der Waals surface area contributed by atoms with E-state index in [2.05, 4.69) is 24.2 Å². The average molecular weight is 254 g/mol. The molecule has 3 heteroatoms. The highest BCUT2D eigenvalue weighted by Crippen LogP contribution is 2.28. The van der Waals surface area contributed by atoms with Crippen LogP contribution in [0, 0.1) is 11.8 Å². The van der Waals surface area contributed by atoms with Gasteiger partial charge in [-0.1, -0.05) is 51.3 Å². The van der Waals surface area contributed by atoms with Gasteiger partial charge in [-0.15, -0.1) is 0 Å². The maximum absolute atomic E-state index is 4.69. The summed E-state index contributed by atoms with van der Waals surface area (Å²) in [4.78, 5) is 4.69. The van der Waals surface area contributed by atoms with Gasteiger partial charge in [-0.3, -0.25) is 4.99 Å². The first kappa shape index (κ1) is 13.3. The van der Waals surface area contributed by atoms with Crippen molar-refractivity contribution in [3.63, 3.8) is 0 Å². The minimum Gasteiger partial charge on any atom is -0.361 e. The summed E-state index contributed by atoms with van der Waals surface area (Å²) < 4.78 is 0. The zero-order chi connectivity index (χ0) is 12.1. The van der Waals surface area contributed by atoms with E-state index in [0.717, 1.165) is 12.5 Å². The number of amidine groups is 1. The van der Waals surface area contributed by atoms with Crippen LogP contribution >= 0.6 is 11.8 Å². The number of hydrogen-bond acceptors (Lipinski definition) is 2. The summed E-state index contributed by atoms with van der Waals surface area (Å²) in [6, 6.07) is 0.633. The Morgan fingerprint density at radius 1 is 1.35 bits per heavy atom.